The molecular formula is C15H22N4O3S. The highest BCUT2D eigenvalue weighted by Gasteiger charge is 2.06. The van der Waals surface area contributed by atoms with Crippen LogP contribution in [-0.2, 0) is 20.7 Å². The third-order valence-electron chi connectivity index (χ3n) is 2.75. The lowest BCUT2D eigenvalue weighted by Gasteiger charge is -2.16. The Hall–Kier alpha value is -2.19. The van der Waals surface area contributed by atoms with Crippen molar-refractivity contribution in [1.29, 1.82) is 0 Å². The number of hydrogen-bond acceptors (Lipinski definition) is 4. The fourth-order valence-electron chi connectivity index (χ4n) is 1.82. The summed E-state index contributed by atoms with van der Waals surface area (Å²) in [4.78, 5) is 22.8. The zero-order chi connectivity index (χ0) is 17.2. The van der Waals surface area contributed by atoms with Crippen molar-refractivity contribution in [2.75, 3.05) is 19.0 Å². The molecule has 8 heteroatoms. The van der Waals surface area contributed by atoms with Gasteiger partial charge in [-0.2, -0.15) is 0 Å². The summed E-state index contributed by atoms with van der Waals surface area (Å²) >= 11 is 5.05. The number of nitrogens with one attached hydrogen (secondary N) is 4. The number of hydrazine groups is 1. The third kappa shape index (κ3) is 8.12. The average Bonchev–Trinajstić information content (AvgIpc) is 2.47. The van der Waals surface area contributed by atoms with Crippen LogP contribution in [0.25, 0.3) is 0 Å². The summed E-state index contributed by atoms with van der Waals surface area (Å²) in [6.45, 7) is 3.86. The molecule has 0 aliphatic rings. The van der Waals surface area contributed by atoms with Gasteiger partial charge in [-0.3, -0.25) is 20.4 Å². The Labute approximate surface area is 141 Å². The molecule has 23 heavy (non-hydrogen) atoms. The van der Waals surface area contributed by atoms with Crippen LogP contribution in [0.4, 0.5) is 5.69 Å². The van der Waals surface area contributed by atoms with Crippen molar-refractivity contribution in [3.63, 3.8) is 0 Å². The molecule has 7 nitrogen and oxygen atoms in total. The number of hydrogen-bond donors (Lipinski definition) is 4. The summed E-state index contributed by atoms with van der Waals surface area (Å²) in [6, 6.07) is 7.09. The van der Waals surface area contributed by atoms with Crippen LogP contribution in [0.15, 0.2) is 24.3 Å². The minimum absolute atomic E-state index is 0.0400. The first-order valence-electron chi connectivity index (χ1n) is 7.11. The Morgan fingerprint density at radius 3 is 2.43 bits per heavy atom. The van der Waals surface area contributed by atoms with Crippen LogP contribution in [0, 0.1) is 0 Å². The molecule has 126 valence electrons. The van der Waals surface area contributed by atoms with Gasteiger partial charge in [-0.1, -0.05) is 12.1 Å². The topological polar surface area (TPSA) is 91.5 Å². The number of ether oxygens (including phenoxy) is 1. The Morgan fingerprint density at radius 1 is 1.22 bits per heavy atom. The zero-order valence-corrected chi connectivity index (χ0v) is 14.3. The number of amides is 2. The van der Waals surface area contributed by atoms with Gasteiger partial charge in [0.05, 0.1) is 13.0 Å². The van der Waals surface area contributed by atoms with Gasteiger partial charge in [-0.25, -0.2) is 0 Å². The van der Waals surface area contributed by atoms with Crippen molar-refractivity contribution < 1.29 is 14.3 Å². The molecule has 0 aliphatic heterocycles. The predicted octanol–water partition coefficient (Wildman–Crippen LogP) is 0.718. The third-order valence-corrected chi connectivity index (χ3v) is 2.97. The molecule has 0 radical (unpaired) electrons. The summed E-state index contributed by atoms with van der Waals surface area (Å²) in [5.74, 6) is -0.357. The standard InChI is InChI=1S/C15H22N4O3S/c1-10(9-22-3)16-15(23)19-18-14(21)8-12-4-6-13(7-5-12)17-11(2)20/h4-7,10H,8-9H2,1-3H3,(H,17,20)(H,18,21)(H2,16,19,23)/t10-/m1/s1. The van der Waals surface area contributed by atoms with E-state index in [1.54, 1.807) is 31.4 Å². The van der Waals surface area contributed by atoms with Crippen molar-refractivity contribution in [2.45, 2.75) is 26.3 Å². The largest absolute Gasteiger partial charge is 0.383 e. The van der Waals surface area contributed by atoms with E-state index < -0.39 is 0 Å². The second-order valence-corrected chi connectivity index (χ2v) is 5.47. The maximum Gasteiger partial charge on any atom is 0.242 e. The van der Waals surface area contributed by atoms with Gasteiger partial charge in [0.25, 0.3) is 0 Å². The Balaban J connectivity index is 2.36. The number of carbonyl (C=O) groups excluding carboxylic acids is 2. The number of carbonyl (C=O) groups is 2. The first kappa shape index (κ1) is 18.9. The lowest BCUT2D eigenvalue weighted by atomic mass is 10.1. The highest BCUT2D eigenvalue weighted by molar-refractivity contribution is 7.80. The normalized spacial score (nSPS) is 11.3. The Morgan fingerprint density at radius 2 is 1.87 bits per heavy atom. The number of thiocarbonyl (C=S) groups is 1. The smallest absolute Gasteiger partial charge is 0.242 e. The average molecular weight is 338 g/mol. The highest BCUT2D eigenvalue weighted by Crippen LogP contribution is 2.09. The maximum atomic E-state index is 11.8. The molecule has 1 aromatic carbocycles. The molecule has 0 bridgehead atoms. The summed E-state index contributed by atoms with van der Waals surface area (Å²) in [7, 11) is 1.60. The monoisotopic (exact) mass is 338 g/mol. The number of anilines is 1. The molecule has 0 saturated heterocycles. The molecule has 0 heterocycles. The second-order valence-electron chi connectivity index (χ2n) is 5.06. The molecule has 0 saturated carbocycles. The van der Waals surface area contributed by atoms with Gasteiger partial charge in [-0.15, -0.1) is 0 Å². The van der Waals surface area contributed by atoms with Gasteiger partial charge in [-0.05, 0) is 36.8 Å². The molecule has 4 N–H and O–H groups in total. The van der Waals surface area contributed by atoms with Gasteiger partial charge >= 0.3 is 0 Å². The van der Waals surface area contributed by atoms with E-state index in [4.69, 9.17) is 17.0 Å². The first-order valence-corrected chi connectivity index (χ1v) is 7.52. The van der Waals surface area contributed by atoms with E-state index in [0.717, 1.165) is 5.56 Å². The van der Waals surface area contributed by atoms with E-state index in [-0.39, 0.29) is 24.3 Å². The van der Waals surface area contributed by atoms with Crippen LogP contribution in [0.5, 0.6) is 0 Å². The molecule has 0 aromatic heterocycles. The Bertz CT molecular complexity index is 548. The summed E-state index contributed by atoms with van der Waals surface area (Å²) in [5.41, 5.74) is 6.68. The summed E-state index contributed by atoms with van der Waals surface area (Å²) in [5, 5.41) is 5.96. The fourth-order valence-corrected chi connectivity index (χ4v) is 2.07. The predicted molar refractivity (Wildman–Crippen MR) is 92.8 cm³/mol. The molecule has 0 spiro atoms. The minimum atomic E-state index is -0.221. The molecule has 0 fully saturated rings. The summed E-state index contributed by atoms with van der Waals surface area (Å²) < 4.78 is 4.98. The van der Waals surface area contributed by atoms with E-state index in [2.05, 4.69) is 21.5 Å². The SMILES string of the molecule is COC[C@@H](C)NC(=S)NNC(=O)Cc1ccc(NC(C)=O)cc1. The van der Waals surface area contributed by atoms with Gasteiger partial charge in [0, 0.05) is 25.8 Å². The Kier molecular flexibility index (Phi) is 8.00. The van der Waals surface area contributed by atoms with Crippen molar-refractivity contribution >= 4 is 34.8 Å². The van der Waals surface area contributed by atoms with Crippen LogP contribution in [0.3, 0.4) is 0 Å². The van der Waals surface area contributed by atoms with Crippen molar-refractivity contribution in [2.24, 2.45) is 0 Å². The van der Waals surface area contributed by atoms with Gasteiger partial charge in [0.15, 0.2) is 5.11 Å². The van der Waals surface area contributed by atoms with Gasteiger partial charge in [0.2, 0.25) is 11.8 Å². The summed E-state index contributed by atoms with van der Waals surface area (Å²) in [6.07, 6.45) is 0.198. The fraction of sp³-hybridized carbons (Fsp3) is 0.400. The van der Waals surface area contributed by atoms with Crippen LogP contribution in [-0.4, -0.2) is 36.7 Å². The number of benzene rings is 1. The molecule has 0 unspecified atom stereocenters. The number of rotatable bonds is 6. The van der Waals surface area contributed by atoms with Crippen molar-refractivity contribution in [1.82, 2.24) is 16.2 Å². The van der Waals surface area contributed by atoms with Crippen molar-refractivity contribution in [3.05, 3.63) is 29.8 Å². The van der Waals surface area contributed by atoms with Crippen LogP contribution in [0.1, 0.15) is 19.4 Å². The van der Waals surface area contributed by atoms with E-state index in [1.165, 1.54) is 6.92 Å². The zero-order valence-electron chi connectivity index (χ0n) is 13.4. The van der Waals surface area contributed by atoms with E-state index >= 15 is 0 Å². The van der Waals surface area contributed by atoms with E-state index in [9.17, 15) is 9.59 Å². The van der Waals surface area contributed by atoms with Crippen molar-refractivity contribution in [3.8, 4) is 0 Å². The molecule has 2 amide bonds. The first-order chi connectivity index (χ1) is 10.9. The lowest BCUT2D eigenvalue weighted by Crippen LogP contribution is -2.50. The highest BCUT2D eigenvalue weighted by atomic mass is 32.1. The number of methoxy groups -OCH3 is 1. The molecule has 1 atom stereocenters. The van der Waals surface area contributed by atoms with Gasteiger partial charge < -0.3 is 15.4 Å². The molecule has 1 rings (SSSR count). The maximum absolute atomic E-state index is 11.8. The lowest BCUT2D eigenvalue weighted by molar-refractivity contribution is -0.121. The molecular weight excluding hydrogens is 316 g/mol. The molecule has 1 aromatic rings. The van der Waals surface area contributed by atoms with Crippen LogP contribution < -0.4 is 21.5 Å². The van der Waals surface area contributed by atoms with E-state index in [1.807, 2.05) is 6.92 Å². The van der Waals surface area contributed by atoms with E-state index in [0.29, 0.717) is 17.4 Å². The van der Waals surface area contributed by atoms with Crippen LogP contribution in [0.2, 0.25) is 0 Å². The quantitative estimate of drug-likeness (QED) is 0.451. The molecule has 0 aliphatic carbocycles. The van der Waals surface area contributed by atoms with Gasteiger partial charge in [0.1, 0.15) is 0 Å². The second kappa shape index (κ2) is 9.75. The van der Waals surface area contributed by atoms with Crippen LogP contribution >= 0.6 is 12.2 Å². The minimum Gasteiger partial charge on any atom is -0.383 e.